The minimum Gasteiger partial charge on any atom is -0.397 e. The lowest BCUT2D eigenvalue weighted by Crippen LogP contribution is -2.13. The van der Waals surface area contributed by atoms with E-state index in [4.69, 9.17) is 5.73 Å². The second-order valence-corrected chi connectivity index (χ2v) is 7.20. The molecule has 0 aliphatic rings. The lowest BCUT2D eigenvalue weighted by atomic mass is 10.0. The molecule has 0 saturated carbocycles. The van der Waals surface area contributed by atoms with E-state index in [1.165, 1.54) is 16.8 Å². The first-order chi connectivity index (χ1) is 14.0. The molecular formula is C21H15BrFN5O. The minimum atomic E-state index is -0.434. The van der Waals surface area contributed by atoms with Crippen molar-refractivity contribution in [3.8, 4) is 16.8 Å². The van der Waals surface area contributed by atoms with Gasteiger partial charge in [-0.2, -0.15) is 0 Å². The quantitative estimate of drug-likeness (QED) is 0.441. The van der Waals surface area contributed by atoms with Gasteiger partial charge in [-0.3, -0.25) is 4.79 Å². The Bertz CT molecular complexity index is 1170. The van der Waals surface area contributed by atoms with Crippen LogP contribution in [0.2, 0.25) is 0 Å². The average molecular weight is 452 g/mol. The van der Waals surface area contributed by atoms with E-state index in [0.717, 1.165) is 21.3 Å². The number of hydrogen-bond acceptors (Lipinski definition) is 4. The molecule has 0 aliphatic carbocycles. The van der Waals surface area contributed by atoms with Crippen molar-refractivity contribution >= 4 is 33.2 Å². The third kappa shape index (κ3) is 4.17. The highest BCUT2D eigenvalue weighted by Crippen LogP contribution is 2.28. The molecule has 1 heterocycles. The fourth-order valence-electron chi connectivity index (χ4n) is 2.76. The van der Waals surface area contributed by atoms with Crippen molar-refractivity contribution in [2.45, 2.75) is 0 Å². The summed E-state index contributed by atoms with van der Waals surface area (Å²) in [5.74, 6) is -0.747. The molecule has 0 fully saturated rings. The molecule has 4 rings (SSSR count). The van der Waals surface area contributed by atoms with Gasteiger partial charge in [0, 0.05) is 4.47 Å². The van der Waals surface area contributed by atoms with E-state index in [0.29, 0.717) is 11.4 Å². The standard InChI is InChI=1S/C21H15BrFN5O/c22-15-4-8-17(9-5-15)28-12-20(26-27-28)21(29)25-19-11-14(3-10-18(19)24)13-1-6-16(23)7-2-13/h1-12H,24H2,(H,25,29). The maximum Gasteiger partial charge on any atom is 0.277 e. The first-order valence-corrected chi connectivity index (χ1v) is 9.44. The number of amides is 1. The smallest absolute Gasteiger partial charge is 0.277 e. The molecule has 144 valence electrons. The molecule has 3 N–H and O–H groups in total. The summed E-state index contributed by atoms with van der Waals surface area (Å²) in [5.41, 5.74) is 9.39. The topological polar surface area (TPSA) is 85.8 Å². The maximum atomic E-state index is 13.2. The van der Waals surface area contributed by atoms with Crippen LogP contribution in [0.1, 0.15) is 10.5 Å². The number of hydrogen-bond donors (Lipinski definition) is 2. The molecule has 6 nitrogen and oxygen atoms in total. The molecule has 0 atom stereocenters. The van der Waals surface area contributed by atoms with E-state index in [2.05, 4.69) is 31.6 Å². The Labute approximate surface area is 174 Å². The van der Waals surface area contributed by atoms with Crippen molar-refractivity contribution in [3.05, 3.63) is 88.9 Å². The number of aromatic nitrogens is 3. The monoisotopic (exact) mass is 451 g/mol. The van der Waals surface area contributed by atoms with Gasteiger partial charge < -0.3 is 11.1 Å². The number of carbonyl (C=O) groups is 1. The zero-order valence-electron chi connectivity index (χ0n) is 15.0. The molecular weight excluding hydrogens is 437 g/mol. The Hall–Kier alpha value is -3.52. The van der Waals surface area contributed by atoms with E-state index in [-0.39, 0.29) is 11.5 Å². The molecule has 4 aromatic rings. The predicted molar refractivity (Wildman–Crippen MR) is 113 cm³/mol. The molecule has 0 aliphatic heterocycles. The Balaban J connectivity index is 1.56. The third-order valence-corrected chi connectivity index (χ3v) is 4.82. The summed E-state index contributed by atoms with van der Waals surface area (Å²) in [5, 5.41) is 10.7. The van der Waals surface area contributed by atoms with Crippen LogP contribution in [0.5, 0.6) is 0 Å². The van der Waals surface area contributed by atoms with Gasteiger partial charge in [0.25, 0.3) is 5.91 Å². The number of nitrogens with zero attached hydrogens (tertiary/aromatic N) is 3. The van der Waals surface area contributed by atoms with Crippen LogP contribution in [0.25, 0.3) is 16.8 Å². The third-order valence-electron chi connectivity index (χ3n) is 4.30. The highest BCUT2D eigenvalue weighted by molar-refractivity contribution is 9.10. The van der Waals surface area contributed by atoms with Crippen molar-refractivity contribution in [1.82, 2.24) is 15.0 Å². The fourth-order valence-corrected chi connectivity index (χ4v) is 3.02. The number of nitrogen functional groups attached to an aromatic ring is 1. The first kappa shape index (κ1) is 18.8. The SMILES string of the molecule is Nc1ccc(-c2ccc(F)cc2)cc1NC(=O)c1cn(-c2ccc(Br)cc2)nn1. The van der Waals surface area contributed by atoms with Crippen LogP contribution in [-0.4, -0.2) is 20.9 Å². The van der Waals surface area contributed by atoms with Gasteiger partial charge >= 0.3 is 0 Å². The summed E-state index contributed by atoms with van der Waals surface area (Å²) >= 11 is 3.38. The number of nitrogens with two attached hydrogens (primary N) is 1. The second kappa shape index (κ2) is 7.84. The Morgan fingerprint density at radius 2 is 1.69 bits per heavy atom. The van der Waals surface area contributed by atoms with Crippen LogP contribution >= 0.6 is 15.9 Å². The average Bonchev–Trinajstić information content (AvgIpc) is 3.21. The highest BCUT2D eigenvalue weighted by atomic mass is 79.9. The van der Waals surface area contributed by atoms with Gasteiger partial charge in [0.05, 0.1) is 23.3 Å². The van der Waals surface area contributed by atoms with Gasteiger partial charge in [0.1, 0.15) is 5.82 Å². The molecule has 8 heteroatoms. The number of nitrogens with one attached hydrogen (secondary N) is 1. The van der Waals surface area contributed by atoms with Crippen LogP contribution in [0, 0.1) is 5.82 Å². The normalized spacial score (nSPS) is 10.7. The minimum absolute atomic E-state index is 0.152. The van der Waals surface area contributed by atoms with Crippen molar-refractivity contribution in [3.63, 3.8) is 0 Å². The van der Waals surface area contributed by atoms with Gasteiger partial charge in [-0.15, -0.1) is 5.10 Å². The van der Waals surface area contributed by atoms with Crippen molar-refractivity contribution < 1.29 is 9.18 Å². The van der Waals surface area contributed by atoms with E-state index >= 15 is 0 Å². The van der Waals surface area contributed by atoms with Gasteiger partial charge in [-0.05, 0) is 59.7 Å². The zero-order chi connectivity index (χ0) is 20.4. The van der Waals surface area contributed by atoms with Crippen molar-refractivity contribution in [2.75, 3.05) is 11.1 Å². The summed E-state index contributed by atoms with van der Waals surface area (Å²) in [4.78, 5) is 12.6. The fraction of sp³-hybridized carbons (Fsp3) is 0. The Morgan fingerprint density at radius 3 is 2.41 bits per heavy atom. The molecule has 0 unspecified atom stereocenters. The Kier molecular flexibility index (Phi) is 5.09. The van der Waals surface area contributed by atoms with Crippen molar-refractivity contribution in [1.29, 1.82) is 0 Å². The number of anilines is 2. The van der Waals surface area contributed by atoms with E-state index in [1.54, 1.807) is 30.5 Å². The molecule has 29 heavy (non-hydrogen) atoms. The number of benzene rings is 3. The van der Waals surface area contributed by atoms with Crippen LogP contribution in [0.15, 0.2) is 77.4 Å². The van der Waals surface area contributed by atoms with Crippen molar-refractivity contribution in [2.24, 2.45) is 0 Å². The second-order valence-electron chi connectivity index (χ2n) is 6.29. The Morgan fingerprint density at radius 1 is 1.00 bits per heavy atom. The largest absolute Gasteiger partial charge is 0.397 e. The zero-order valence-corrected chi connectivity index (χ0v) is 16.6. The molecule has 1 aromatic heterocycles. The van der Waals surface area contributed by atoms with Crippen LogP contribution in [0.4, 0.5) is 15.8 Å². The van der Waals surface area contributed by atoms with Gasteiger partial charge in [-0.1, -0.05) is 39.3 Å². The number of halogens is 2. The van der Waals surface area contributed by atoms with E-state index in [9.17, 15) is 9.18 Å². The van der Waals surface area contributed by atoms with E-state index in [1.807, 2.05) is 30.3 Å². The number of rotatable bonds is 4. The van der Waals surface area contributed by atoms with Gasteiger partial charge in [-0.25, -0.2) is 9.07 Å². The van der Waals surface area contributed by atoms with Gasteiger partial charge in [0.2, 0.25) is 0 Å². The molecule has 1 amide bonds. The molecule has 0 spiro atoms. The molecule has 0 radical (unpaired) electrons. The maximum absolute atomic E-state index is 13.2. The lowest BCUT2D eigenvalue weighted by molar-refractivity contribution is 0.102. The molecule has 3 aromatic carbocycles. The summed E-state index contributed by atoms with van der Waals surface area (Å²) < 4.78 is 15.6. The summed E-state index contributed by atoms with van der Waals surface area (Å²) in [6, 6.07) is 18.8. The summed E-state index contributed by atoms with van der Waals surface area (Å²) in [7, 11) is 0. The highest BCUT2D eigenvalue weighted by Gasteiger charge is 2.14. The lowest BCUT2D eigenvalue weighted by Gasteiger charge is -2.10. The summed E-state index contributed by atoms with van der Waals surface area (Å²) in [6.45, 7) is 0. The molecule has 0 saturated heterocycles. The molecule has 0 bridgehead atoms. The van der Waals surface area contributed by atoms with Crippen LogP contribution < -0.4 is 11.1 Å². The first-order valence-electron chi connectivity index (χ1n) is 8.65. The number of carbonyl (C=O) groups excluding carboxylic acids is 1. The predicted octanol–water partition coefficient (Wildman–Crippen LogP) is 4.67. The van der Waals surface area contributed by atoms with Crippen LogP contribution in [-0.2, 0) is 0 Å². The van der Waals surface area contributed by atoms with Gasteiger partial charge in [0.15, 0.2) is 5.69 Å². The van der Waals surface area contributed by atoms with Crippen LogP contribution in [0.3, 0.4) is 0 Å². The van der Waals surface area contributed by atoms with E-state index < -0.39 is 5.91 Å². The summed E-state index contributed by atoms with van der Waals surface area (Å²) in [6.07, 6.45) is 1.54.